The van der Waals surface area contributed by atoms with Crippen molar-refractivity contribution >= 4 is 34.0 Å². The molecule has 0 spiro atoms. The number of carbonyl (C=O) groups excluding carboxylic acids is 1. The molecule has 17 heavy (non-hydrogen) atoms. The van der Waals surface area contributed by atoms with Crippen molar-refractivity contribution in [2.75, 3.05) is 0 Å². The first-order chi connectivity index (χ1) is 8.19. The highest BCUT2D eigenvalue weighted by molar-refractivity contribution is 9.10. The summed E-state index contributed by atoms with van der Waals surface area (Å²) in [4.78, 5) is 12.6. The molecule has 2 aromatic rings. The van der Waals surface area contributed by atoms with Gasteiger partial charge in [-0.1, -0.05) is 33.8 Å². The Bertz CT molecular complexity index is 557. The fourth-order valence-corrected chi connectivity index (χ4v) is 2.86. The average Bonchev–Trinajstić information content (AvgIpc) is 2.31. The van der Waals surface area contributed by atoms with Crippen molar-refractivity contribution in [3.63, 3.8) is 0 Å². The summed E-state index contributed by atoms with van der Waals surface area (Å²) >= 11 is 4.81. The molecular formula is C13H8BrFOS. The van der Waals surface area contributed by atoms with Crippen LogP contribution in [0.1, 0.15) is 10.4 Å². The van der Waals surface area contributed by atoms with E-state index in [9.17, 15) is 9.18 Å². The van der Waals surface area contributed by atoms with E-state index in [0.717, 1.165) is 14.3 Å². The van der Waals surface area contributed by atoms with E-state index in [0.29, 0.717) is 11.8 Å². The molecule has 86 valence electrons. The van der Waals surface area contributed by atoms with E-state index in [2.05, 4.69) is 15.9 Å². The summed E-state index contributed by atoms with van der Waals surface area (Å²) in [5, 5.41) is 0. The molecule has 0 fully saturated rings. The van der Waals surface area contributed by atoms with Gasteiger partial charge in [0.25, 0.3) is 0 Å². The van der Waals surface area contributed by atoms with Crippen molar-refractivity contribution in [2.45, 2.75) is 9.79 Å². The lowest BCUT2D eigenvalue weighted by Gasteiger charge is -2.05. The van der Waals surface area contributed by atoms with Gasteiger partial charge in [0.1, 0.15) is 5.82 Å². The predicted molar refractivity (Wildman–Crippen MR) is 70.1 cm³/mol. The molecule has 0 heterocycles. The highest BCUT2D eigenvalue weighted by Gasteiger charge is 2.05. The Morgan fingerprint density at radius 1 is 1.18 bits per heavy atom. The molecule has 0 radical (unpaired) electrons. The number of benzene rings is 2. The van der Waals surface area contributed by atoms with Crippen LogP contribution in [0.15, 0.2) is 56.7 Å². The Morgan fingerprint density at radius 2 is 2.00 bits per heavy atom. The summed E-state index contributed by atoms with van der Waals surface area (Å²) in [6, 6.07) is 11.9. The topological polar surface area (TPSA) is 17.1 Å². The van der Waals surface area contributed by atoms with E-state index in [4.69, 9.17) is 0 Å². The Balaban J connectivity index is 2.32. The van der Waals surface area contributed by atoms with Gasteiger partial charge >= 0.3 is 0 Å². The van der Waals surface area contributed by atoms with Crippen LogP contribution in [0.5, 0.6) is 0 Å². The highest BCUT2D eigenvalue weighted by atomic mass is 79.9. The van der Waals surface area contributed by atoms with Gasteiger partial charge in [0.2, 0.25) is 0 Å². The molecular weight excluding hydrogens is 303 g/mol. The van der Waals surface area contributed by atoms with Crippen LogP contribution in [0.3, 0.4) is 0 Å². The molecule has 0 amide bonds. The van der Waals surface area contributed by atoms with Crippen molar-refractivity contribution in [1.82, 2.24) is 0 Å². The van der Waals surface area contributed by atoms with E-state index >= 15 is 0 Å². The van der Waals surface area contributed by atoms with E-state index < -0.39 is 5.82 Å². The minimum atomic E-state index is -0.398. The van der Waals surface area contributed by atoms with Crippen LogP contribution >= 0.6 is 27.7 Å². The van der Waals surface area contributed by atoms with Crippen LogP contribution in [-0.4, -0.2) is 6.29 Å². The zero-order chi connectivity index (χ0) is 12.3. The predicted octanol–water partition coefficient (Wildman–Crippen LogP) is 4.55. The van der Waals surface area contributed by atoms with Gasteiger partial charge < -0.3 is 0 Å². The highest BCUT2D eigenvalue weighted by Crippen LogP contribution is 2.31. The summed E-state index contributed by atoms with van der Waals surface area (Å²) < 4.78 is 13.9. The van der Waals surface area contributed by atoms with Gasteiger partial charge in [-0.2, -0.15) is 0 Å². The summed E-state index contributed by atoms with van der Waals surface area (Å²) in [6.45, 7) is 0. The molecule has 4 heteroatoms. The largest absolute Gasteiger partial charge is 0.298 e. The van der Waals surface area contributed by atoms with Crippen LogP contribution < -0.4 is 0 Å². The SMILES string of the molecule is O=Cc1cc(F)ccc1Sc1cccc(Br)c1. The monoisotopic (exact) mass is 310 g/mol. The smallest absolute Gasteiger partial charge is 0.151 e. The molecule has 0 N–H and O–H groups in total. The van der Waals surface area contributed by atoms with Gasteiger partial charge in [-0.3, -0.25) is 4.79 Å². The van der Waals surface area contributed by atoms with Crippen molar-refractivity contribution in [2.24, 2.45) is 0 Å². The molecule has 0 saturated heterocycles. The first-order valence-corrected chi connectivity index (χ1v) is 6.48. The number of carbonyl (C=O) groups is 1. The molecule has 0 aliphatic heterocycles. The van der Waals surface area contributed by atoms with Crippen molar-refractivity contribution in [3.05, 3.63) is 58.3 Å². The number of hydrogen-bond donors (Lipinski definition) is 0. The second-order valence-corrected chi connectivity index (χ2v) is 5.39. The van der Waals surface area contributed by atoms with E-state index in [1.807, 2.05) is 24.3 Å². The Morgan fingerprint density at radius 3 is 2.71 bits per heavy atom. The Kier molecular flexibility index (Phi) is 3.97. The second-order valence-electron chi connectivity index (χ2n) is 3.36. The van der Waals surface area contributed by atoms with Gasteiger partial charge in [-0.15, -0.1) is 0 Å². The van der Waals surface area contributed by atoms with Gasteiger partial charge in [0, 0.05) is 19.8 Å². The third kappa shape index (κ3) is 3.17. The molecule has 2 aromatic carbocycles. The maximum Gasteiger partial charge on any atom is 0.151 e. The summed E-state index contributed by atoms with van der Waals surface area (Å²) in [7, 11) is 0. The lowest BCUT2D eigenvalue weighted by molar-refractivity contribution is 0.112. The lowest BCUT2D eigenvalue weighted by Crippen LogP contribution is -1.87. The van der Waals surface area contributed by atoms with Crippen molar-refractivity contribution in [3.8, 4) is 0 Å². The molecule has 0 unspecified atom stereocenters. The molecule has 0 aromatic heterocycles. The molecule has 0 atom stereocenters. The van der Waals surface area contributed by atoms with Gasteiger partial charge in [0.15, 0.2) is 6.29 Å². The maximum absolute atomic E-state index is 13.0. The zero-order valence-corrected chi connectivity index (χ0v) is 11.1. The van der Waals surface area contributed by atoms with E-state index in [1.54, 1.807) is 6.07 Å². The minimum Gasteiger partial charge on any atom is -0.298 e. The lowest BCUT2D eigenvalue weighted by atomic mass is 10.2. The maximum atomic E-state index is 13.0. The van der Waals surface area contributed by atoms with Crippen LogP contribution in [0.25, 0.3) is 0 Å². The zero-order valence-electron chi connectivity index (χ0n) is 8.69. The number of hydrogen-bond acceptors (Lipinski definition) is 2. The van der Waals surface area contributed by atoms with Crippen LogP contribution in [0.2, 0.25) is 0 Å². The summed E-state index contributed by atoms with van der Waals surface area (Å²) in [5.41, 5.74) is 0.370. The first kappa shape index (κ1) is 12.3. The van der Waals surface area contributed by atoms with Crippen molar-refractivity contribution in [1.29, 1.82) is 0 Å². The normalized spacial score (nSPS) is 10.2. The molecule has 0 bridgehead atoms. The Labute approximate surface area is 111 Å². The van der Waals surface area contributed by atoms with Crippen LogP contribution in [0, 0.1) is 5.82 Å². The first-order valence-electron chi connectivity index (χ1n) is 4.87. The van der Waals surface area contributed by atoms with Crippen LogP contribution in [0.4, 0.5) is 4.39 Å². The van der Waals surface area contributed by atoms with Gasteiger partial charge in [-0.05, 0) is 36.4 Å². The van der Waals surface area contributed by atoms with Gasteiger partial charge in [-0.25, -0.2) is 4.39 Å². The standard InChI is InChI=1S/C13H8BrFOS/c14-10-2-1-3-12(7-10)17-13-5-4-11(15)6-9(13)8-16/h1-8H. The third-order valence-electron chi connectivity index (χ3n) is 2.12. The molecule has 0 aliphatic carbocycles. The summed E-state index contributed by atoms with van der Waals surface area (Å²) in [6.07, 6.45) is 0.670. The van der Waals surface area contributed by atoms with E-state index in [-0.39, 0.29) is 0 Å². The summed E-state index contributed by atoms with van der Waals surface area (Å²) in [5.74, 6) is -0.398. The molecule has 2 rings (SSSR count). The fraction of sp³-hybridized carbons (Fsp3) is 0. The molecule has 1 nitrogen and oxygen atoms in total. The van der Waals surface area contributed by atoms with Gasteiger partial charge in [0.05, 0.1) is 0 Å². The number of aldehydes is 1. The number of rotatable bonds is 3. The van der Waals surface area contributed by atoms with E-state index in [1.165, 1.54) is 23.9 Å². The quantitative estimate of drug-likeness (QED) is 0.773. The fourth-order valence-electron chi connectivity index (χ4n) is 1.36. The minimum absolute atomic E-state index is 0.370. The Hall–Kier alpha value is -1.13. The number of halogens is 2. The van der Waals surface area contributed by atoms with Crippen molar-refractivity contribution < 1.29 is 9.18 Å². The van der Waals surface area contributed by atoms with Crippen LogP contribution in [-0.2, 0) is 0 Å². The second kappa shape index (κ2) is 5.47. The third-order valence-corrected chi connectivity index (χ3v) is 3.70. The molecule has 0 saturated carbocycles. The molecule has 0 aliphatic rings. The average molecular weight is 311 g/mol.